The largest absolute Gasteiger partial charge is 0.496 e. The van der Waals surface area contributed by atoms with Crippen molar-refractivity contribution in [2.75, 3.05) is 7.11 Å². The Morgan fingerprint density at radius 3 is 2.45 bits per heavy atom. The van der Waals surface area contributed by atoms with Crippen LogP contribution in [0.1, 0.15) is 22.9 Å². The van der Waals surface area contributed by atoms with E-state index < -0.39 is 0 Å². The summed E-state index contributed by atoms with van der Waals surface area (Å²) in [7, 11) is 1.72. The lowest BCUT2D eigenvalue weighted by Gasteiger charge is -2.20. The molecule has 0 fully saturated rings. The normalized spacial score (nSPS) is 13.8. The second kappa shape index (κ2) is 7.28. The van der Waals surface area contributed by atoms with Crippen molar-refractivity contribution in [1.29, 1.82) is 0 Å². The molecule has 0 saturated heterocycles. The Morgan fingerprint density at radius 2 is 1.80 bits per heavy atom. The summed E-state index contributed by atoms with van der Waals surface area (Å²) >= 11 is 7.35. The molecule has 1 nitrogen and oxygen atoms in total. The summed E-state index contributed by atoms with van der Waals surface area (Å²) in [6.07, 6.45) is 0.966. The van der Waals surface area contributed by atoms with Crippen molar-refractivity contribution >= 4 is 31.9 Å². The van der Waals surface area contributed by atoms with Gasteiger partial charge in [-0.05, 0) is 41.7 Å². The average molecular weight is 398 g/mol. The van der Waals surface area contributed by atoms with Crippen molar-refractivity contribution in [1.82, 2.24) is 0 Å². The van der Waals surface area contributed by atoms with Gasteiger partial charge in [0.05, 0.1) is 7.11 Å². The highest BCUT2D eigenvalue weighted by atomic mass is 79.9. The fraction of sp³-hybridized carbons (Fsp3) is 0.294. The van der Waals surface area contributed by atoms with Crippen LogP contribution in [0.25, 0.3) is 0 Å². The molecule has 0 saturated carbocycles. The third-order valence-electron chi connectivity index (χ3n) is 3.40. The number of methoxy groups -OCH3 is 1. The van der Waals surface area contributed by atoms with Crippen molar-refractivity contribution in [3.63, 3.8) is 0 Å². The van der Waals surface area contributed by atoms with E-state index in [1.165, 1.54) is 11.1 Å². The molecule has 2 atom stereocenters. The zero-order valence-electron chi connectivity index (χ0n) is 11.6. The smallest absolute Gasteiger partial charge is 0.122 e. The van der Waals surface area contributed by atoms with Gasteiger partial charge in [0.25, 0.3) is 0 Å². The summed E-state index contributed by atoms with van der Waals surface area (Å²) in [6.45, 7) is 2.26. The molecule has 2 aromatic carbocycles. The molecule has 0 aromatic heterocycles. The Kier molecular flexibility index (Phi) is 5.67. The number of hydrogen-bond acceptors (Lipinski definition) is 1. The number of benzene rings is 2. The van der Waals surface area contributed by atoms with E-state index in [-0.39, 0.29) is 0 Å². The van der Waals surface area contributed by atoms with Gasteiger partial charge in [-0.15, -0.1) is 0 Å². The molecule has 2 unspecified atom stereocenters. The molecule has 0 bridgehead atoms. The maximum Gasteiger partial charge on any atom is 0.122 e. The molecule has 2 aromatic rings. The maximum atomic E-state index is 5.45. The summed E-state index contributed by atoms with van der Waals surface area (Å²) < 4.78 is 6.54. The van der Waals surface area contributed by atoms with Gasteiger partial charge in [0, 0.05) is 9.30 Å². The van der Waals surface area contributed by atoms with Crippen molar-refractivity contribution in [3.05, 3.63) is 64.1 Å². The van der Waals surface area contributed by atoms with Crippen LogP contribution in [0.15, 0.2) is 53.0 Å². The molecule has 20 heavy (non-hydrogen) atoms. The Hall–Kier alpha value is -0.800. The van der Waals surface area contributed by atoms with Crippen molar-refractivity contribution in [2.45, 2.75) is 18.2 Å². The molecule has 0 spiro atoms. The van der Waals surface area contributed by atoms with Gasteiger partial charge in [-0.2, -0.15) is 0 Å². The molecule has 0 aliphatic heterocycles. The first-order chi connectivity index (χ1) is 9.61. The van der Waals surface area contributed by atoms with E-state index in [0.717, 1.165) is 16.6 Å². The summed E-state index contributed by atoms with van der Waals surface area (Å²) in [5.74, 6) is 1.42. The Bertz CT molecular complexity index is 554. The maximum absolute atomic E-state index is 5.45. The summed E-state index contributed by atoms with van der Waals surface area (Å²) in [5, 5.41) is 0. The highest BCUT2D eigenvalue weighted by Crippen LogP contribution is 2.35. The van der Waals surface area contributed by atoms with Crippen LogP contribution in [0.5, 0.6) is 5.75 Å². The molecule has 0 aliphatic rings. The van der Waals surface area contributed by atoms with Crippen molar-refractivity contribution < 1.29 is 4.74 Å². The lowest BCUT2D eigenvalue weighted by atomic mass is 9.93. The molecule has 0 heterocycles. The molecule has 3 heteroatoms. The van der Waals surface area contributed by atoms with Crippen LogP contribution in [-0.4, -0.2) is 7.11 Å². The number of alkyl halides is 1. The molecule has 106 valence electrons. The number of halogens is 2. The first-order valence-electron chi connectivity index (χ1n) is 6.63. The number of rotatable bonds is 5. The molecule has 0 amide bonds. The summed E-state index contributed by atoms with van der Waals surface area (Å²) in [6, 6.07) is 16.7. The van der Waals surface area contributed by atoms with Gasteiger partial charge >= 0.3 is 0 Å². The van der Waals surface area contributed by atoms with Crippen LogP contribution < -0.4 is 4.74 Å². The van der Waals surface area contributed by atoms with Crippen LogP contribution >= 0.6 is 31.9 Å². The molecule has 2 rings (SSSR count). The van der Waals surface area contributed by atoms with Gasteiger partial charge in [0.15, 0.2) is 0 Å². The van der Waals surface area contributed by atoms with E-state index in [1.54, 1.807) is 7.11 Å². The van der Waals surface area contributed by atoms with Crippen LogP contribution in [0.3, 0.4) is 0 Å². The molecule has 0 aliphatic carbocycles. The summed E-state index contributed by atoms with van der Waals surface area (Å²) in [4.78, 5) is 0.340. The minimum absolute atomic E-state index is 0.340. The van der Waals surface area contributed by atoms with Crippen LogP contribution in [0.4, 0.5) is 0 Å². The van der Waals surface area contributed by atoms with E-state index in [4.69, 9.17) is 4.74 Å². The van der Waals surface area contributed by atoms with Gasteiger partial charge in [-0.3, -0.25) is 0 Å². The van der Waals surface area contributed by atoms with Crippen molar-refractivity contribution in [3.8, 4) is 5.75 Å². The van der Waals surface area contributed by atoms with Crippen LogP contribution in [0.2, 0.25) is 0 Å². The topological polar surface area (TPSA) is 9.23 Å². The average Bonchev–Trinajstić information content (AvgIpc) is 2.47. The molecule has 0 N–H and O–H groups in total. The lowest BCUT2D eigenvalue weighted by molar-refractivity contribution is 0.405. The van der Waals surface area contributed by atoms with Gasteiger partial charge in [0.2, 0.25) is 0 Å². The second-order valence-corrected chi connectivity index (χ2v) is 6.85. The van der Waals surface area contributed by atoms with Gasteiger partial charge < -0.3 is 4.74 Å². The standard InChI is InChI=1S/C17H18Br2O/c1-12(17(19)13-6-4-3-5-7-13)10-14-11-15(18)8-9-16(14)20-2/h3-9,11-12,17H,10H2,1-2H3. The first kappa shape index (κ1) is 15.6. The minimum atomic E-state index is 0.340. The quantitative estimate of drug-likeness (QED) is 0.581. The number of ether oxygens (including phenoxy) is 1. The Balaban J connectivity index is 2.15. The van der Waals surface area contributed by atoms with E-state index in [1.807, 2.05) is 18.2 Å². The van der Waals surface area contributed by atoms with Gasteiger partial charge in [-0.25, -0.2) is 0 Å². The highest BCUT2D eigenvalue weighted by molar-refractivity contribution is 9.10. The highest BCUT2D eigenvalue weighted by Gasteiger charge is 2.18. The lowest BCUT2D eigenvalue weighted by Crippen LogP contribution is -2.08. The fourth-order valence-electron chi connectivity index (χ4n) is 2.32. The van der Waals surface area contributed by atoms with E-state index in [0.29, 0.717) is 10.7 Å². The predicted molar refractivity (Wildman–Crippen MR) is 91.7 cm³/mol. The van der Waals surface area contributed by atoms with Crippen LogP contribution in [0, 0.1) is 5.92 Å². The molecular formula is C17H18Br2O. The van der Waals surface area contributed by atoms with Gasteiger partial charge in [-0.1, -0.05) is 69.1 Å². The Labute approximate surface area is 137 Å². The fourth-order valence-corrected chi connectivity index (χ4v) is 3.22. The minimum Gasteiger partial charge on any atom is -0.496 e. The zero-order chi connectivity index (χ0) is 14.5. The third-order valence-corrected chi connectivity index (χ3v) is 5.33. The zero-order valence-corrected chi connectivity index (χ0v) is 14.8. The number of hydrogen-bond donors (Lipinski definition) is 0. The SMILES string of the molecule is COc1ccc(Br)cc1CC(C)C(Br)c1ccccc1. The van der Waals surface area contributed by atoms with E-state index in [9.17, 15) is 0 Å². The van der Waals surface area contributed by atoms with Gasteiger partial charge in [0.1, 0.15) is 5.75 Å². The van der Waals surface area contributed by atoms with Crippen molar-refractivity contribution in [2.24, 2.45) is 5.92 Å². The Morgan fingerprint density at radius 1 is 1.10 bits per heavy atom. The molecular weight excluding hydrogens is 380 g/mol. The third kappa shape index (κ3) is 3.86. The predicted octanol–water partition coefficient (Wildman–Crippen LogP) is 5.77. The first-order valence-corrected chi connectivity index (χ1v) is 8.34. The second-order valence-electron chi connectivity index (χ2n) is 4.95. The van der Waals surface area contributed by atoms with E-state index in [2.05, 4.69) is 69.1 Å². The monoisotopic (exact) mass is 396 g/mol. The van der Waals surface area contributed by atoms with E-state index >= 15 is 0 Å². The summed E-state index contributed by atoms with van der Waals surface area (Å²) in [5.41, 5.74) is 2.55. The molecule has 0 radical (unpaired) electrons. The van der Waals surface area contributed by atoms with Crippen LogP contribution in [-0.2, 0) is 6.42 Å².